The third kappa shape index (κ3) is 8.44. The molecule has 2 aliphatic rings. The third-order valence-corrected chi connectivity index (χ3v) is 9.26. The van der Waals surface area contributed by atoms with Crippen molar-refractivity contribution in [2.24, 2.45) is 5.92 Å². The molecule has 45 heavy (non-hydrogen) atoms. The summed E-state index contributed by atoms with van der Waals surface area (Å²) in [6, 6.07) is 13.1. The number of hydrogen-bond donors (Lipinski definition) is 7. The molecule has 0 amide bonds. The maximum Gasteiger partial charge on any atom is 0.336 e. The predicted molar refractivity (Wildman–Crippen MR) is 170 cm³/mol. The first-order valence-electron chi connectivity index (χ1n) is 13.6. The standard InChI is InChI=1S/C30H29N2O11PS/c33-18-4-7-21-24(13-18)43-25-14-19(34)5-8-22(25)27(21)20-6-3-17(12-23(20)29(39)40)32-30(45)31-10-1-11-44(41,42)15-16(28(37)38)2-9-26(35)36/h3-8,12-14,16,33H,1-2,9-11,15H2,(H,35,36)(H,37,38)(H,39,40)(H,41,42)(H2,31,32,45). The molecule has 1 aliphatic heterocycles. The van der Waals surface area contributed by atoms with Gasteiger partial charge in [0.1, 0.15) is 17.1 Å². The number of nitrogens with one attached hydrogen (secondary N) is 2. The SMILES string of the molecule is O=C(O)CCC(CP(=O)(O)CCCNC(=S)Nc1ccc(-c2c3ccc(=O)cc-3oc3cc(O)ccc23)c(C(=O)O)c1)C(=O)O. The normalized spacial score (nSPS) is 13.2. The molecule has 2 aromatic carbocycles. The topological polar surface area (TPSA) is 224 Å². The van der Waals surface area contributed by atoms with Crippen LogP contribution in [0.15, 0.2) is 63.8 Å². The van der Waals surface area contributed by atoms with Gasteiger partial charge in [0.05, 0.1) is 11.5 Å². The van der Waals surface area contributed by atoms with Crippen LogP contribution in [0.25, 0.3) is 33.4 Å². The highest BCUT2D eigenvalue weighted by molar-refractivity contribution is 7.80. The molecule has 13 nitrogen and oxygen atoms in total. The van der Waals surface area contributed by atoms with Crippen LogP contribution in [-0.2, 0) is 14.2 Å². The van der Waals surface area contributed by atoms with Crippen LogP contribution in [0.4, 0.5) is 5.69 Å². The van der Waals surface area contributed by atoms with Gasteiger partial charge in [0.2, 0.25) is 7.37 Å². The van der Waals surface area contributed by atoms with Crippen LogP contribution < -0.4 is 16.1 Å². The van der Waals surface area contributed by atoms with Crippen molar-refractivity contribution in [3.05, 3.63) is 70.4 Å². The van der Waals surface area contributed by atoms with Gasteiger partial charge in [0.15, 0.2) is 10.5 Å². The molecule has 0 spiro atoms. The quantitative estimate of drug-likeness (QED) is 0.0456. The molecule has 0 aromatic heterocycles. The number of anilines is 1. The molecular formula is C30H29N2O11PS. The molecule has 15 heteroatoms. The van der Waals surface area contributed by atoms with Crippen LogP contribution in [0.2, 0.25) is 0 Å². The summed E-state index contributed by atoms with van der Waals surface area (Å²) in [5.74, 6) is -4.88. The highest BCUT2D eigenvalue weighted by Gasteiger charge is 2.29. The number of carboxylic acid groups (broad SMARTS) is 3. The van der Waals surface area contributed by atoms with Gasteiger partial charge in [-0.1, -0.05) is 6.07 Å². The molecule has 0 saturated carbocycles. The molecule has 2 aromatic rings. The van der Waals surface area contributed by atoms with Crippen molar-refractivity contribution in [3.63, 3.8) is 0 Å². The Morgan fingerprint density at radius 1 is 0.978 bits per heavy atom. The largest absolute Gasteiger partial charge is 0.508 e. The number of phenolic OH excluding ortho intramolecular Hbond substituents is 1. The van der Waals surface area contributed by atoms with Crippen molar-refractivity contribution >= 4 is 59.3 Å². The Bertz CT molecular complexity index is 1870. The Kier molecular flexibility index (Phi) is 10.2. The van der Waals surface area contributed by atoms with Crippen LogP contribution >= 0.6 is 19.6 Å². The van der Waals surface area contributed by atoms with Crippen LogP contribution in [0.5, 0.6) is 5.75 Å². The number of carbonyl (C=O) groups is 3. The van der Waals surface area contributed by atoms with Gasteiger partial charge in [-0.2, -0.15) is 0 Å². The fourth-order valence-electron chi connectivity index (χ4n) is 4.90. The van der Waals surface area contributed by atoms with Gasteiger partial charge < -0.3 is 40.4 Å². The Morgan fingerprint density at radius 3 is 2.40 bits per heavy atom. The van der Waals surface area contributed by atoms with Crippen LogP contribution in [0.3, 0.4) is 0 Å². The molecule has 0 bridgehead atoms. The zero-order valence-electron chi connectivity index (χ0n) is 23.6. The molecule has 1 heterocycles. The Hall–Kier alpha value is -4.78. The molecule has 1 aliphatic carbocycles. The Balaban J connectivity index is 1.48. The molecule has 2 unspecified atom stereocenters. The number of rotatable bonds is 13. The van der Waals surface area contributed by atoms with E-state index in [1.54, 1.807) is 24.3 Å². The summed E-state index contributed by atoms with van der Waals surface area (Å²) in [5.41, 5.74) is 1.48. The van der Waals surface area contributed by atoms with E-state index in [9.17, 15) is 44.0 Å². The highest BCUT2D eigenvalue weighted by atomic mass is 32.1. The minimum atomic E-state index is -3.86. The number of phenols is 1. The minimum absolute atomic E-state index is 0.0733. The lowest BCUT2D eigenvalue weighted by Crippen LogP contribution is -2.30. The molecule has 0 fully saturated rings. The van der Waals surface area contributed by atoms with Gasteiger partial charge >= 0.3 is 17.9 Å². The number of hydrogen-bond acceptors (Lipinski definition) is 8. The average molecular weight is 657 g/mol. The van der Waals surface area contributed by atoms with Gasteiger partial charge in [-0.25, -0.2) is 4.79 Å². The monoisotopic (exact) mass is 656 g/mol. The lowest BCUT2D eigenvalue weighted by atomic mass is 9.90. The van der Waals surface area contributed by atoms with E-state index in [2.05, 4.69) is 10.6 Å². The Labute approximate surface area is 260 Å². The Morgan fingerprint density at radius 2 is 1.71 bits per heavy atom. The summed E-state index contributed by atoms with van der Waals surface area (Å²) in [5, 5.41) is 44.5. The summed E-state index contributed by atoms with van der Waals surface area (Å²) >= 11 is 5.29. The second-order valence-corrected chi connectivity index (χ2v) is 13.2. The zero-order valence-corrected chi connectivity index (χ0v) is 25.3. The van der Waals surface area contributed by atoms with Crippen molar-refractivity contribution in [2.75, 3.05) is 24.2 Å². The maximum atomic E-state index is 12.5. The van der Waals surface area contributed by atoms with E-state index in [-0.39, 0.29) is 58.7 Å². The number of carboxylic acids is 3. The number of benzene rings is 3. The number of fused-ring (bicyclic) bond motifs is 2. The molecule has 4 rings (SSSR count). The molecule has 0 radical (unpaired) electrons. The van der Waals surface area contributed by atoms with Gasteiger partial charge in [-0.15, -0.1) is 0 Å². The lowest BCUT2D eigenvalue weighted by Gasteiger charge is -2.18. The first-order valence-corrected chi connectivity index (χ1v) is 16.1. The fraction of sp³-hybridized carbons (Fsp3) is 0.233. The third-order valence-electron chi connectivity index (χ3n) is 6.99. The number of aromatic carboxylic acids is 1. The lowest BCUT2D eigenvalue weighted by molar-refractivity contribution is -0.142. The highest BCUT2D eigenvalue weighted by Crippen LogP contribution is 2.44. The molecule has 0 saturated heterocycles. The van der Waals surface area contributed by atoms with E-state index in [0.717, 1.165) is 0 Å². The number of aromatic hydroxyl groups is 1. The smallest absolute Gasteiger partial charge is 0.336 e. The average Bonchev–Trinajstić information content (AvgIpc) is 2.96. The summed E-state index contributed by atoms with van der Waals surface area (Å²) < 4.78 is 18.4. The van der Waals surface area contributed by atoms with Gasteiger partial charge in [0, 0.05) is 59.6 Å². The molecule has 2 atom stereocenters. The second-order valence-electron chi connectivity index (χ2n) is 10.3. The number of thiocarbonyl (C=S) groups is 1. The van der Waals surface area contributed by atoms with Gasteiger partial charge in [-0.3, -0.25) is 18.9 Å². The summed E-state index contributed by atoms with van der Waals surface area (Å²) in [6.07, 6.45) is -1.28. The maximum absolute atomic E-state index is 12.5. The second kappa shape index (κ2) is 13.9. The van der Waals surface area contributed by atoms with E-state index >= 15 is 0 Å². The van der Waals surface area contributed by atoms with Crippen LogP contribution in [0.1, 0.15) is 29.6 Å². The minimum Gasteiger partial charge on any atom is -0.508 e. The van der Waals surface area contributed by atoms with Crippen molar-refractivity contribution in [1.29, 1.82) is 0 Å². The molecule has 236 valence electrons. The van der Waals surface area contributed by atoms with Gasteiger partial charge in [0.25, 0.3) is 0 Å². The van der Waals surface area contributed by atoms with Crippen molar-refractivity contribution in [2.45, 2.75) is 19.3 Å². The summed E-state index contributed by atoms with van der Waals surface area (Å²) in [7, 11) is -3.86. The van der Waals surface area contributed by atoms with E-state index in [0.29, 0.717) is 27.8 Å². The first kappa shape index (κ1) is 33.1. The molecular weight excluding hydrogens is 627 g/mol. The summed E-state index contributed by atoms with van der Waals surface area (Å²) in [4.78, 5) is 56.8. The van der Waals surface area contributed by atoms with Crippen molar-refractivity contribution in [1.82, 2.24) is 5.32 Å². The van der Waals surface area contributed by atoms with Crippen molar-refractivity contribution in [3.8, 4) is 28.2 Å². The zero-order chi connectivity index (χ0) is 32.9. The van der Waals surface area contributed by atoms with Crippen molar-refractivity contribution < 1.29 is 48.7 Å². The fourth-order valence-corrected chi connectivity index (χ4v) is 6.98. The van der Waals surface area contributed by atoms with Crippen LogP contribution in [-0.4, -0.2) is 67.2 Å². The van der Waals surface area contributed by atoms with E-state index in [4.69, 9.17) is 21.7 Å². The number of aliphatic carboxylic acids is 2. The van der Waals surface area contributed by atoms with E-state index in [1.807, 2.05) is 0 Å². The van der Waals surface area contributed by atoms with Gasteiger partial charge in [-0.05, 0) is 67.0 Å². The molecule has 7 N–H and O–H groups in total. The summed E-state index contributed by atoms with van der Waals surface area (Å²) in [6.45, 7) is 0.146. The predicted octanol–water partition coefficient (Wildman–Crippen LogP) is 4.48. The van der Waals surface area contributed by atoms with E-state index in [1.165, 1.54) is 30.3 Å². The van der Waals surface area contributed by atoms with E-state index < -0.39 is 43.8 Å². The van der Waals surface area contributed by atoms with Crippen LogP contribution in [0, 0.1) is 5.92 Å². The first-order chi connectivity index (χ1) is 21.2.